The van der Waals surface area contributed by atoms with E-state index in [0.717, 1.165) is 12.8 Å². The van der Waals surface area contributed by atoms with Gasteiger partial charge in [0.15, 0.2) is 0 Å². The molecule has 0 radical (unpaired) electrons. The Balaban J connectivity index is 2.00. The third kappa shape index (κ3) is 2.21. The van der Waals surface area contributed by atoms with Gasteiger partial charge in [-0.1, -0.05) is 32.1 Å². The first-order valence-electron chi connectivity index (χ1n) is 6.52. The Kier molecular flexibility index (Phi) is 3.68. The quantitative estimate of drug-likeness (QED) is 0.779. The van der Waals surface area contributed by atoms with Gasteiger partial charge in [0.05, 0.1) is 11.7 Å². The maximum atomic E-state index is 10.5. The van der Waals surface area contributed by atoms with E-state index in [4.69, 9.17) is 4.74 Å². The van der Waals surface area contributed by atoms with Crippen molar-refractivity contribution in [2.75, 3.05) is 7.11 Å². The fourth-order valence-electron chi connectivity index (χ4n) is 3.47. The van der Waals surface area contributed by atoms with Crippen molar-refractivity contribution in [3.63, 3.8) is 0 Å². The summed E-state index contributed by atoms with van der Waals surface area (Å²) in [4.78, 5) is 0. The topological polar surface area (TPSA) is 29.5 Å². The number of rotatable bonds is 3. The van der Waals surface area contributed by atoms with Crippen LogP contribution in [0, 0.1) is 5.92 Å². The van der Waals surface area contributed by atoms with Crippen LogP contribution in [0.1, 0.15) is 57.8 Å². The Bertz CT molecular complexity index is 191. The van der Waals surface area contributed by atoms with Gasteiger partial charge < -0.3 is 9.84 Å². The van der Waals surface area contributed by atoms with Crippen LogP contribution >= 0.6 is 0 Å². The molecule has 1 N–H and O–H groups in total. The average molecular weight is 212 g/mol. The lowest BCUT2D eigenvalue weighted by molar-refractivity contribution is -0.124. The Morgan fingerprint density at radius 1 is 1.07 bits per heavy atom. The molecule has 2 rings (SSSR count). The minimum atomic E-state index is -0.217. The summed E-state index contributed by atoms with van der Waals surface area (Å²) in [6, 6.07) is 0. The highest BCUT2D eigenvalue weighted by Crippen LogP contribution is 2.41. The average Bonchev–Trinajstić information content (AvgIpc) is 2.79. The molecule has 88 valence electrons. The van der Waals surface area contributed by atoms with Crippen LogP contribution in [0.3, 0.4) is 0 Å². The Morgan fingerprint density at radius 2 is 1.67 bits per heavy atom. The first-order valence-corrected chi connectivity index (χ1v) is 6.52. The van der Waals surface area contributed by atoms with Gasteiger partial charge in [-0.3, -0.25) is 0 Å². The van der Waals surface area contributed by atoms with Crippen molar-refractivity contribution in [2.24, 2.45) is 5.92 Å². The standard InChI is InChI=1S/C13H24O2/c1-15-13(9-5-6-10-13)12(14)11-7-3-2-4-8-11/h11-12,14H,2-10H2,1H3. The Morgan fingerprint density at radius 3 is 2.20 bits per heavy atom. The molecule has 2 fully saturated rings. The first-order chi connectivity index (χ1) is 7.28. The summed E-state index contributed by atoms with van der Waals surface area (Å²) in [5.41, 5.74) is -0.192. The number of aliphatic hydroxyl groups is 1. The molecule has 15 heavy (non-hydrogen) atoms. The van der Waals surface area contributed by atoms with Gasteiger partial charge in [-0.2, -0.15) is 0 Å². The number of hydrogen-bond acceptors (Lipinski definition) is 2. The second-order valence-corrected chi connectivity index (χ2v) is 5.32. The third-order valence-electron chi connectivity index (χ3n) is 4.49. The fraction of sp³-hybridized carbons (Fsp3) is 1.00. The zero-order valence-corrected chi connectivity index (χ0v) is 9.87. The normalized spacial score (nSPS) is 29.2. The molecule has 0 saturated heterocycles. The molecule has 0 amide bonds. The van der Waals surface area contributed by atoms with E-state index in [1.165, 1.54) is 44.9 Å². The minimum absolute atomic E-state index is 0.192. The van der Waals surface area contributed by atoms with Gasteiger partial charge in [0.2, 0.25) is 0 Å². The van der Waals surface area contributed by atoms with Gasteiger partial charge in [-0.25, -0.2) is 0 Å². The van der Waals surface area contributed by atoms with E-state index >= 15 is 0 Å². The lowest BCUT2D eigenvalue weighted by Crippen LogP contribution is -2.46. The maximum Gasteiger partial charge on any atom is 0.0939 e. The zero-order valence-electron chi connectivity index (χ0n) is 9.87. The number of ether oxygens (including phenoxy) is 1. The summed E-state index contributed by atoms with van der Waals surface area (Å²) in [6.45, 7) is 0. The van der Waals surface area contributed by atoms with Crippen LogP contribution in [0.2, 0.25) is 0 Å². The highest BCUT2D eigenvalue weighted by Gasteiger charge is 2.44. The highest BCUT2D eigenvalue weighted by atomic mass is 16.5. The molecule has 0 aromatic rings. The van der Waals surface area contributed by atoms with Crippen LogP contribution in [0.5, 0.6) is 0 Å². The molecular weight excluding hydrogens is 188 g/mol. The largest absolute Gasteiger partial charge is 0.390 e. The number of methoxy groups -OCH3 is 1. The molecule has 2 aliphatic rings. The monoisotopic (exact) mass is 212 g/mol. The predicted octanol–water partition coefficient (Wildman–Crippen LogP) is 2.89. The fourth-order valence-corrected chi connectivity index (χ4v) is 3.47. The summed E-state index contributed by atoms with van der Waals surface area (Å²) in [6.07, 6.45) is 10.7. The summed E-state index contributed by atoms with van der Waals surface area (Å²) in [5, 5.41) is 10.5. The molecule has 0 bridgehead atoms. The number of hydrogen-bond donors (Lipinski definition) is 1. The highest BCUT2D eigenvalue weighted by molar-refractivity contribution is 4.96. The van der Waals surface area contributed by atoms with E-state index < -0.39 is 0 Å². The summed E-state index contributed by atoms with van der Waals surface area (Å²) < 4.78 is 5.66. The van der Waals surface area contributed by atoms with Crippen molar-refractivity contribution in [1.82, 2.24) is 0 Å². The van der Waals surface area contributed by atoms with E-state index in [2.05, 4.69) is 0 Å². The third-order valence-corrected chi connectivity index (χ3v) is 4.49. The predicted molar refractivity (Wildman–Crippen MR) is 60.8 cm³/mol. The minimum Gasteiger partial charge on any atom is -0.390 e. The van der Waals surface area contributed by atoms with Crippen molar-refractivity contribution in [3.05, 3.63) is 0 Å². The van der Waals surface area contributed by atoms with E-state index in [9.17, 15) is 5.11 Å². The lowest BCUT2D eigenvalue weighted by Gasteiger charge is -2.39. The van der Waals surface area contributed by atoms with Crippen LogP contribution in [0.4, 0.5) is 0 Å². The van der Waals surface area contributed by atoms with E-state index in [1.54, 1.807) is 7.11 Å². The van der Waals surface area contributed by atoms with Crippen molar-refractivity contribution in [1.29, 1.82) is 0 Å². The second-order valence-electron chi connectivity index (χ2n) is 5.32. The molecule has 0 aromatic heterocycles. The smallest absolute Gasteiger partial charge is 0.0939 e. The van der Waals surface area contributed by atoms with Gasteiger partial charge in [-0.05, 0) is 31.6 Å². The van der Waals surface area contributed by atoms with Crippen LogP contribution in [-0.2, 0) is 4.74 Å². The molecular formula is C13H24O2. The maximum absolute atomic E-state index is 10.5. The summed E-state index contributed by atoms with van der Waals surface area (Å²) >= 11 is 0. The summed E-state index contributed by atoms with van der Waals surface area (Å²) in [5.74, 6) is 0.497. The molecule has 2 nitrogen and oxygen atoms in total. The SMILES string of the molecule is COC1(C(O)C2CCCCC2)CCCC1. The zero-order chi connectivity index (χ0) is 10.7. The molecule has 0 spiro atoms. The van der Waals surface area contributed by atoms with Gasteiger partial charge >= 0.3 is 0 Å². The van der Waals surface area contributed by atoms with Crippen molar-refractivity contribution in [3.8, 4) is 0 Å². The van der Waals surface area contributed by atoms with Gasteiger partial charge in [0, 0.05) is 7.11 Å². The molecule has 0 heterocycles. The van der Waals surface area contributed by atoms with Gasteiger partial charge in [-0.15, -0.1) is 0 Å². The van der Waals surface area contributed by atoms with Crippen molar-refractivity contribution in [2.45, 2.75) is 69.5 Å². The molecule has 2 aliphatic carbocycles. The molecule has 1 unspecified atom stereocenters. The lowest BCUT2D eigenvalue weighted by atomic mass is 9.77. The molecule has 0 aliphatic heterocycles. The van der Waals surface area contributed by atoms with Gasteiger partial charge in [0.25, 0.3) is 0 Å². The van der Waals surface area contributed by atoms with Crippen LogP contribution in [0.15, 0.2) is 0 Å². The van der Waals surface area contributed by atoms with Crippen LogP contribution in [-0.4, -0.2) is 23.9 Å². The van der Waals surface area contributed by atoms with Gasteiger partial charge in [0.1, 0.15) is 0 Å². The Labute approximate surface area is 93.0 Å². The number of aliphatic hydroxyl groups excluding tert-OH is 1. The van der Waals surface area contributed by atoms with Crippen LogP contribution in [0.25, 0.3) is 0 Å². The van der Waals surface area contributed by atoms with Crippen molar-refractivity contribution < 1.29 is 9.84 Å². The van der Waals surface area contributed by atoms with Crippen molar-refractivity contribution >= 4 is 0 Å². The molecule has 2 heteroatoms. The van der Waals surface area contributed by atoms with E-state index in [0.29, 0.717) is 5.92 Å². The first kappa shape index (κ1) is 11.4. The molecule has 1 atom stereocenters. The van der Waals surface area contributed by atoms with E-state index in [-0.39, 0.29) is 11.7 Å². The second kappa shape index (κ2) is 4.84. The summed E-state index contributed by atoms with van der Waals surface area (Å²) in [7, 11) is 1.78. The van der Waals surface area contributed by atoms with Crippen LogP contribution < -0.4 is 0 Å². The molecule has 2 saturated carbocycles. The molecule has 0 aromatic carbocycles. The Hall–Kier alpha value is -0.0800. The van der Waals surface area contributed by atoms with E-state index in [1.807, 2.05) is 0 Å².